The standard InChI is InChI=1S/C13H22N4O/c1-11(2)14-5-3-4-13(18)17-9-8-16-7-6-15-12(16)10-17/h6-7,11,14H,3-5,8-10H2,1-2H3. The van der Waals surface area contributed by atoms with Crippen molar-refractivity contribution in [2.45, 2.75) is 45.8 Å². The predicted molar refractivity (Wildman–Crippen MR) is 70.0 cm³/mol. The van der Waals surface area contributed by atoms with Gasteiger partial charge in [-0.3, -0.25) is 4.79 Å². The number of hydrogen-bond donors (Lipinski definition) is 1. The van der Waals surface area contributed by atoms with Gasteiger partial charge in [0.2, 0.25) is 5.91 Å². The van der Waals surface area contributed by atoms with Crippen LogP contribution in [-0.4, -0.2) is 39.5 Å². The summed E-state index contributed by atoms with van der Waals surface area (Å²) in [5.74, 6) is 1.24. The number of hydrogen-bond acceptors (Lipinski definition) is 3. The molecule has 1 aromatic rings. The first-order chi connectivity index (χ1) is 8.66. The van der Waals surface area contributed by atoms with Crippen LogP contribution in [0, 0.1) is 0 Å². The molecule has 5 heteroatoms. The molecule has 0 unspecified atom stereocenters. The Morgan fingerprint density at radius 3 is 3.11 bits per heavy atom. The number of nitrogens with one attached hydrogen (secondary N) is 1. The summed E-state index contributed by atoms with van der Waals surface area (Å²) in [7, 11) is 0. The molecule has 0 atom stereocenters. The average molecular weight is 250 g/mol. The van der Waals surface area contributed by atoms with Crippen molar-refractivity contribution in [2.75, 3.05) is 13.1 Å². The Morgan fingerprint density at radius 1 is 1.50 bits per heavy atom. The molecule has 0 aliphatic carbocycles. The molecule has 0 radical (unpaired) electrons. The highest BCUT2D eigenvalue weighted by Gasteiger charge is 2.20. The van der Waals surface area contributed by atoms with Gasteiger partial charge in [-0.2, -0.15) is 0 Å². The van der Waals surface area contributed by atoms with E-state index in [1.165, 1.54) is 0 Å². The highest BCUT2D eigenvalue weighted by atomic mass is 16.2. The summed E-state index contributed by atoms with van der Waals surface area (Å²) >= 11 is 0. The second-order valence-corrected chi connectivity index (χ2v) is 5.06. The van der Waals surface area contributed by atoms with Crippen molar-refractivity contribution in [1.82, 2.24) is 19.8 Å². The van der Waals surface area contributed by atoms with Crippen molar-refractivity contribution < 1.29 is 4.79 Å². The summed E-state index contributed by atoms with van der Waals surface area (Å²) in [4.78, 5) is 18.2. The van der Waals surface area contributed by atoms with Crippen LogP contribution >= 0.6 is 0 Å². The van der Waals surface area contributed by atoms with Crippen LogP contribution in [-0.2, 0) is 17.9 Å². The normalized spacial score (nSPS) is 14.9. The fourth-order valence-corrected chi connectivity index (χ4v) is 2.17. The van der Waals surface area contributed by atoms with E-state index in [4.69, 9.17) is 0 Å². The first-order valence-electron chi connectivity index (χ1n) is 6.68. The van der Waals surface area contributed by atoms with Crippen molar-refractivity contribution in [2.24, 2.45) is 0 Å². The molecule has 0 saturated heterocycles. The Hall–Kier alpha value is -1.36. The average Bonchev–Trinajstić information content (AvgIpc) is 2.81. The Bertz CT molecular complexity index is 399. The second kappa shape index (κ2) is 6.00. The number of rotatable bonds is 5. The van der Waals surface area contributed by atoms with Crippen LogP contribution < -0.4 is 5.32 Å². The van der Waals surface area contributed by atoms with Crippen LogP contribution in [0.25, 0.3) is 0 Å². The maximum absolute atomic E-state index is 12.0. The second-order valence-electron chi connectivity index (χ2n) is 5.06. The number of imidazole rings is 1. The number of fused-ring (bicyclic) bond motifs is 1. The molecule has 100 valence electrons. The molecule has 0 saturated carbocycles. The zero-order valence-electron chi connectivity index (χ0n) is 11.2. The van der Waals surface area contributed by atoms with Crippen LogP contribution in [0.4, 0.5) is 0 Å². The Labute approximate surface area is 108 Å². The van der Waals surface area contributed by atoms with E-state index in [1.54, 1.807) is 6.20 Å². The van der Waals surface area contributed by atoms with Gasteiger partial charge in [0.25, 0.3) is 0 Å². The van der Waals surface area contributed by atoms with Gasteiger partial charge < -0.3 is 14.8 Å². The minimum atomic E-state index is 0.245. The molecule has 0 bridgehead atoms. The Morgan fingerprint density at radius 2 is 2.33 bits per heavy atom. The minimum Gasteiger partial charge on any atom is -0.333 e. The summed E-state index contributed by atoms with van der Waals surface area (Å²) in [6, 6.07) is 0.488. The van der Waals surface area contributed by atoms with E-state index >= 15 is 0 Å². The molecule has 2 rings (SSSR count). The summed E-state index contributed by atoms with van der Waals surface area (Å²) in [6.07, 6.45) is 5.31. The first kappa shape index (κ1) is 13.1. The monoisotopic (exact) mass is 250 g/mol. The third-order valence-electron chi connectivity index (χ3n) is 3.22. The molecule has 1 aromatic heterocycles. The molecule has 1 aliphatic rings. The van der Waals surface area contributed by atoms with Crippen molar-refractivity contribution in [3.8, 4) is 0 Å². The predicted octanol–water partition coefficient (Wildman–Crippen LogP) is 1.00. The van der Waals surface area contributed by atoms with Gasteiger partial charge in [0, 0.05) is 37.9 Å². The van der Waals surface area contributed by atoms with Gasteiger partial charge in [0.15, 0.2) is 0 Å². The molecule has 0 aromatic carbocycles. The van der Waals surface area contributed by atoms with E-state index in [0.29, 0.717) is 19.0 Å². The van der Waals surface area contributed by atoms with E-state index in [2.05, 4.69) is 28.7 Å². The lowest BCUT2D eigenvalue weighted by Crippen LogP contribution is -2.38. The maximum atomic E-state index is 12.0. The van der Waals surface area contributed by atoms with E-state index in [9.17, 15) is 4.79 Å². The van der Waals surface area contributed by atoms with Crippen LogP contribution in [0.3, 0.4) is 0 Å². The van der Waals surface area contributed by atoms with E-state index in [-0.39, 0.29) is 5.91 Å². The van der Waals surface area contributed by atoms with Crippen molar-refractivity contribution in [1.29, 1.82) is 0 Å². The van der Waals surface area contributed by atoms with Crippen molar-refractivity contribution >= 4 is 5.91 Å². The number of carbonyl (C=O) groups excluding carboxylic acids is 1. The van der Waals surface area contributed by atoms with Crippen LogP contribution in [0.15, 0.2) is 12.4 Å². The molecular weight excluding hydrogens is 228 g/mol. The van der Waals surface area contributed by atoms with Crippen molar-refractivity contribution in [3.63, 3.8) is 0 Å². The molecule has 1 amide bonds. The Kier molecular flexibility index (Phi) is 4.36. The fourth-order valence-electron chi connectivity index (χ4n) is 2.17. The molecule has 1 aliphatic heterocycles. The van der Waals surface area contributed by atoms with Gasteiger partial charge in [-0.25, -0.2) is 4.98 Å². The van der Waals surface area contributed by atoms with Gasteiger partial charge in [0.1, 0.15) is 5.82 Å². The smallest absolute Gasteiger partial charge is 0.223 e. The fraction of sp³-hybridized carbons (Fsp3) is 0.692. The molecular formula is C13H22N4O. The minimum absolute atomic E-state index is 0.245. The number of aromatic nitrogens is 2. The SMILES string of the molecule is CC(C)NCCCC(=O)N1CCn2ccnc2C1. The molecule has 0 fully saturated rings. The summed E-state index contributed by atoms with van der Waals surface area (Å²) < 4.78 is 2.12. The largest absolute Gasteiger partial charge is 0.333 e. The number of amides is 1. The Balaban J connectivity index is 1.74. The van der Waals surface area contributed by atoms with E-state index in [1.807, 2.05) is 11.1 Å². The van der Waals surface area contributed by atoms with Gasteiger partial charge in [-0.05, 0) is 13.0 Å². The summed E-state index contributed by atoms with van der Waals surface area (Å²) in [5, 5.41) is 3.33. The molecule has 18 heavy (non-hydrogen) atoms. The third-order valence-corrected chi connectivity index (χ3v) is 3.22. The van der Waals surface area contributed by atoms with E-state index < -0.39 is 0 Å². The summed E-state index contributed by atoms with van der Waals surface area (Å²) in [5.41, 5.74) is 0. The van der Waals surface area contributed by atoms with Crippen LogP contribution in [0.5, 0.6) is 0 Å². The quantitative estimate of drug-likeness (QED) is 0.793. The van der Waals surface area contributed by atoms with Gasteiger partial charge in [-0.15, -0.1) is 0 Å². The molecule has 1 N–H and O–H groups in total. The molecule has 2 heterocycles. The molecule has 5 nitrogen and oxygen atoms in total. The van der Waals surface area contributed by atoms with Crippen LogP contribution in [0.2, 0.25) is 0 Å². The van der Waals surface area contributed by atoms with Gasteiger partial charge >= 0.3 is 0 Å². The highest BCUT2D eigenvalue weighted by Crippen LogP contribution is 2.11. The maximum Gasteiger partial charge on any atom is 0.223 e. The zero-order valence-corrected chi connectivity index (χ0v) is 11.2. The third kappa shape index (κ3) is 3.32. The lowest BCUT2D eigenvalue weighted by Gasteiger charge is -2.27. The number of nitrogens with zero attached hydrogens (tertiary/aromatic N) is 3. The van der Waals surface area contributed by atoms with Gasteiger partial charge in [0.05, 0.1) is 6.54 Å². The lowest BCUT2D eigenvalue weighted by molar-refractivity contribution is -0.132. The van der Waals surface area contributed by atoms with E-state index in [0.717, 1.165) is 31.9 Å². The van der Waals surface area contributed by atoms with Gasteiger partial charge in [-0.1, -0.05) is 13.8 Å². The van der Waals surface area contributed by atoms with Crippen molar-refractivity contribution in [3.05, 3.63) is 18.2 Å². The van der Waals surface area contributed by atoms with Crippen LogP contribution in [0.1, 0.15) is 32.5 Å². The summed E-state index contributed by atoms with van der Waals surface area (Å²) in [6.45, 7) is 7.47. The zero-order chi connectivity index (χ0) is 13.0. The topological polar surface area (TPSA) is 50.2 Å². The molecule has 0 spiro atoms. The highest BCUT2D eigenvalue weighted by molar-refractivity contribution is 5.76. The number of carbonyl (C=O) groups is 1. The first-order valence-corrected chi connectivity index (χ1v) is 6.68. The lowest BCUT2D eigenvalue weighted by atomic mass is 10.2.